The van der Waals surface area contributed by atoms with E-state index in [1.807, 2.05) is 36.4 Å². The fourth-order valence-electron chi connectivity index (χ4n) is 4.89. The molecule has 0 atom stereocenters. The van der Waals surface area contributed by atoms with Gasteiger partial charge >= 0.3 is 12.4 Å². The van der Waals surface area contributed by atoms with Crippen LogP contribution in [0.2, 0.25) is 5.15 Å². The summed E-state index contributed by atoms with van der Waals surface area (Å²) in [6, 6.07) is 14.9. The minimum atomic E-state index is -4.87. The van der Waals surface area contributed by atoms with Gasteiger partial charge < -0.3 is 14.8 Å². The molecule has 2 aromatic carbocycles. The van der Waals surface area contributed by atoms with Gasteiger partial charge in [0.1, 0.15) is 16.7 Å². The maximum atomic E-state index is 13.4. The first-order chi connectivity index (χ1) is 19.2. The Morgan fingerprint density at radius 1 is 1.18 bits per heavy atom. The van der Waals surface area contributed by atoms with Crippen molar-refractivity contribution in [2.75, 3.05) is 20.2 Å². The monoisotopic (exact) mass is 570 g/mol. The van der Waals surface area contributed by atoms with Gasteiger partial charge in [-0.15, -0.1) is 13.2 Å². The van der Waals surface area contributed by atoms with E-state index in [9.17, 15) is 18.0 Å². The smallest absolute Gasteiger partial charge is 0.497 e. The van der Waals surface area contributed by atoms with Gasteiger partial charge in [0.05, 0.1) is 12.6 Å². The van der Waals surface area contributed by atoms with Crippen LogP contribution in [0.25, 0.3) is 17.0 Å². The van der Waals surface area contributed by atoms with Crippen LogP contribution in [0.1, 0.15) is 22.4 Å². The molecule has 0 saturated carbocycles. The van der Waals surface area contributed by atoms with E-state index in [-0.39, 0.29) is 17.7 Å². The Labute approximate surface area is 233 Å². The topological polar surface area (TPSA) is 68.6 Å². The molecule has 0 spiro atoms. The zero-order valence-corrected chi connectivity index (χ0v) is 22.3. The lowest BCUT2D eigenvalue weighted by Crippen LogP contribution is -2.34. The van der Waals surface area contributed by atoms with Gasteiger partial charge in [0.2, 0.25) is 0 Å². The van der Waals surface area contributed by atoms with Gasteiger partial charge in [-0.1, -0.05) is 42.0 Å². The van der Waals surface area contributed by atoms with E-state index in [0.29, 0.717) is 48.0 Å². The van der Waals surface area contributed by atoms with Crippen LogP contribution >= 0.6 is 11.6 Å². The second-order valence-electron chi connectivity index (χ2n) is 9.26. The number of alkyl halides is 3. The molecule has 1 amide bonds. The van der Waals surface area contributed by atoms with Crippen LogP contribution in [0.15, 0.2) is 66.9 Å². The van der Waals surface area contributed by atoms with E-state index in [0.717, 1.165) is 16.9 Å². The zero-order chi connectivity index (χ0) is 28.3. The molecule has 208 valence electrons. The first-order valence-electron chi connectivity index (χ1n) is 12.5. The number of aromatic nitrogens is 2. The van der Waals surface area contributed by atoms with Crippen LogP contribution in [0.4, 0.5) is 18.0 Å². The van der Waals surface area contributed by atoms with E-state index in [1.165, 1.54) is 22.9 Å². The summed E-state index contributed by atoms with van der Waals surface area (Å²) in [5.74, 6) is 0.437. The Morgan fingerprint density at radius 3 is 2.70 bits per heavy atom. The van der Waals surface area contributed by atoms with E-state index in [1.54, 1.807) is 25.3 Å². The summed E-state index contributed by atoms with van der Waals surface area (Å²) < 4.78 is 51.0. The van der Waals surface area contributed by atoms with Crippen molar-refractivity contribution in [1.29, 1.82) is 0 Å². The number of fused-ring (bicyclic) bond motifs is 3. The molecule has 1 N–H and O–H groups in total. The van der Waals surface area contributed by atoms with Crippen LogP contribution in [0.5, 0.6) is 11.5 Å². The molecule has 4 aromatic rings. The molecule has 1 aliphatic rings. The summed E-state index contributed by atoms with van der Waals surface area (Å²) in [5.41, 5.74) is 3.40. The Hall–Kier alpha value is -4.02. The lowest BCUT2D eigenvalue weighted by atomic mass is 10.0. The number of ether oxygens (including phenoxy) is 2. The third-order valence-electron chi connectivity index (χ3n) is 6.66. The summed E-state index contributed by atoms with van der Waals surface area (Å²) in [5, 5.41) is 3.43. The molecule has 0 aliphatic carbocycles. The highest BCUT2D eigenvalue weighted by Crippen LogP contribution is 2.39. The van der Waals surface area contributed by atoms with Crippen molar-refractivity contribution in [3.05, 3.63) is 94.4 Å². The first kappa shape index (κ1) is 27.5. The summed E-state index contributed by atoms with van der Waals surface area (Å²) in [6.07, 6.45) is 1.12. The van der Waals surface area contributed by atoms with Crippen LogP contribution in [0.3, 0.4) is 0 Å². The maximum absolute atomic E-state index is 13.4. The first-order valence-corrected chi connectivity index (χ1v) is 12.9. The Morgan fingerprint density at radius 2 is 1.98 bits per heavy atom. The summed E-state index contributed by atoms with van der Waals surface area (Å²) in [4.78, 5) is 19.5. The van der Waals surface area contributed by atoms with Crippen molar-refractivity contribution in [3.8, 4) is 11.5 Å². The quantitative estimate of drug-likeness (QED) is 0.260. The average Bonchev–Trinajstić information content (AvgIpc) is 3.26. The van der Waals surface area contributed by atoms with E-state index in [2.05, 4.69) is 19.9 Å². The molecule has 7 nitrogen and oxygen atoms in total. The Balaban J connectivity index is 1.43. The van der Waals surface area contributed by atoms with Crippen LogP contribution < -0.4 is 14.8 Å². The highest BCUT2D eigenvalue weighted by atomic mass is 35.5. The number of amides is 1. The van der Waals surface area contributed by atoms with Crippen LogP contribution in [-0.4, -0.2) is 47.0 Å². The van der Waals surface area contributed by atoms with Crippen molar-refractivity contribution in [2.24, 2.45) is 0 Å². The zero-order valence-electron chi connectivity index (χ0n) is 21.5. The van der Waals surface area contributed by atoms with Gasteiger partial charge in [0, 0.05) is 49.9 Å². The summed E-state index contributed by atoms with van der Waals surface area (Å²) in [7, 11) is 1.61. The number of carbonyl (C=O) groups is 1. The lowest BCUT2D eigenvalue weighted by molar-refractivity contribution is -0.274. The van der Waals surface area contributed by atoms with Gasteiger partial charge in [-0.25, -0.2) is 9.78 Å². The Kier molecular flexibility index (Phi) is 7.99. The average molecular weight is 571 g/mol. The standard InChI is InChI=1S/C29H26ClF3N4O3/c1-39-21-9-7-19(8-10-21)4-3-14-36-15-12-23-22(18-36)27-24(5-2-6-25(27)40-29(31,32)33)37(23)28(38)35-17-20-11-13-34-26(30)16-20/h2-11,13,16H,12,14-15,17-18H2,1H3,(H,35,38)/b4-3+. The maximum Gasteiger partial charge on any atom is 0.573 e. The number of halogens is 4. The second kappa shape index (κ2) is 11.6. The highest BCUT2D eigenvalue weighted by Gasteiger charge is 2.34. The highest BCUT2D eigenvalue weighted by molar-refractivity contribution is 6.29. The molecular weight excluding hydrogens is 545 g/mol. The number of carbonyl (C=O) groups excluding carboxylic acids is 1. The number of nitrogens with one attached hydrogen (secondary N) is 1. The van der Waals surface area contributed by atoms with Crippen molar-refractivity contribution >= 4 is 34.6 Å². The van der Waals surface area contributed by atoms with Gasteiger partial charge in [0.15, 0.2) is 0 Å². The normalized spacial score (nSPS) is 13.9. The summed E-state index contributed by atoms with van der Waals surface area (Å²) in [6.45, 7) is 1.74. The van der Waals surface area contributed by atoms with Gasteiger partial charge in [-0.3, -0.25) is 9.47 Å². The predicted octanol–water partition coefficient (Wildman–Crippen LogP) is 6.43. The third kappa shape index (κ3) is 6.24. The SMILES string of the molecule is COc1ccc(/C=C/CN2CCc3c(c4c(OC(F)(F)F)cccc4n3C(=O)NCc3ccnc(Cl)c3)C2)cc1. The molecule has 0 radical (unpaired) electrons. The molecule has 0 unspecified atom stereocenters. The molecular formula is C29H26ClF3N4O3. The largest absolute Gasteiger partial charge is 0.573 e. The Bertz CT molecular complexity index is 1550. The number of methoxy groups -OCH3 is 1. The van der Waals surface area contributed by atoms with Gasteiger partial charge in [-0.05, 0) is 53.1 Å². The van der Waals surface area contributed by atoms with E-state index < -0.39 is 12.4 Å². The van der Waals surface area contributed by atoms with Crippen molar-refractivity contribution in [2.45, 2.75) is 25.9 Å². The number of pyridine rings is 1. The van der Waals surface area contributed by atoms with Crippen molar-refractivity contribution < 1.29 is 27.4 Å². The molecule has 11 heteroatoms. The van der Waals surface area contributed by atoms with Crippen molar-refractivity contribution in [1.82, 2.24) is 19.8 Å². The van der Waals surface area contributed by atoms with E-state index in [4.69, 9.17) is 16.3 Å². The third-order valence-corrected chi connectivity index (χ3v) is 6.87. The molecule has 2 aromatic heterocycles. The van der Waals surface area contributed by atoms with E-state index >= 15 is 0 Å². The van der Waals surface area contributed by atoms with Crippen LogP contribution in [-0.2, 0) is 19.5 Å². The predicted molar refractivity (Wildman–Crippen MR) is 147 cm³/mol. The minimum Gasteiger partial charge on any atom is -0.497 e. The number of hydrogen-bond donors (Lipinski definition) is 1. The molecule has 3 heterocycles. The molecule has 5 rings (SSSR count). The number of rotatable bonds is 7. The number of hydrogen-bond acceptors (Lipinski definition) is 5. The number of benzene rings is 2. The molecule has 0 saturated heterocycles. The molecule has 1 aliphatic heterocycles. The van der Waals surface area contributed by atoms with Gasteiger partial charge in [0.25, 0.3) is 0 Å². The minimum absolute atomic E-state index is 0.177. The van der Waals surface area contributed by atoms with Crippen LogP contribution in [0, 0.1) is 0 Å². The van der Waals surface area contributed by atoms with Gasteiger partial charge in [-0.2, -0.15) is 0 Å². The molecule has 0 fully saturated rings. The fourth-order valence-corrected chi connectivity index (χ4v) is 5.09. The summed E-state index contributed by atoms with van der Waals surface area (Å²) >= 11 is 5.95. The second-order valence-corrected chi connectivity index (χ2v) is 9.65. The molecule has 0 bridgehead atoms. The number of nitrogens with zero attached hydrogens (tertiary/aromatic N) is 3. The molecule has 40 heavy (non-hydrogen) atoms. The van der Waals surface area contributed by atoms with Crippen molar-refractivity contribution in [3.63, 3.8) is 0 Å². The lowest BCUT2D eigenvalue weighted by Gasteiger charge is -2.27. The fraction of sp³-hybridized carbons (Fsp3) is 0.241.